The van der Waals surface area contributed by atoms with Crippen LogP contribution < -0.4 is 4.74 Å². The van der Waals surface area contributed by atoms with Crippen LogP contribution in [0.2, 0.25) is 0 Å². The lowest BCUT2D eigenvalue weighted by Gasteiger charge is -2.10. The Morgan fingerprint density at radius 2 is 2.18 bits per heavy atom. The van der Waals surface area contributed by atoms with Gasteiger partial charge in [-0.3, -0.25) is 0 Å². The maximum Gasteiger partial charge on any atom is 0.337 e. The van der Waals surface area contributed by atoms with Crippen LogP contribution in [-0.2, 0) is 9.47 Å². The van der Waals surface area contributed by atoms with Gasteiger partial charge in [-0.25, -0.2) is 9.18 Å². The number of carbonyl (C=O) groups excluding carboxylic acids is 1. The van der Waals surface area contributed by atoms with E-state index in [4.69, 9.17) is 4.74 Å². The zero-order chi connectivity index (χ0) is 12.8. The molecule has 0 bridgehead atoms. The number of benzene rings is 1. The van der Waals surface area contributed by atoms with E-state index in [0.717, 1.165) is 6.07 Å². The molecule has 17 heavy (non-hydrogen) atoms. The minimum absolute atomic E-state index is 0.00509. The normalized spacial score (nSPS) is 9.82. The van der Waals surface area contributed by atoms with Gasteiger partial charge in [-0.2, -0.15) is 0 Å². The quantitative estimate of drug-likeness (QED) is 0.585. The van der Waals surface area contributed by atoms with E-state index < -0.39 is 11.8 Å². The summed E-state index contributed by atoms with van der Waals surface area (Å²) in [7, 11) is 2.65. The summed E-state index contributed by atoms with van der Waals surface area (Å²) in [4.78, 5) is 11.3. The molecule has 0 fully saturated rings. The van der Waals surface area contributed by atoms with Gasteiger partial charge in [0.15, 0.2) is 18.4 Å². The Labute approximate surface area is 98.6 Å². The number of ether oxygens (including phenoxy) is 3. The summed E-state index contributed by atoms with van der Waals surface area (Å²) in [5, 5.41) is 0. The molecular formula is C12H13FO4. The fourth-order valence-corrected chi connectivity index (χ4v) is 1.27. The maximum absolute atomic E-state index is 13.7. The van der Waals surface area contributed by atoms with E-state index in [2.05, 4.69) is 16.1 Å². The van der Waals surface area contributed by atoms with Gasteiger partial charge in [-0.1, -0.05) is 12.7 Å². The zero-order valence-corrected chi connectivity index (χ0v) is 9.66. The summed E-state index contributed by atoms with van der Waals surface area (Å²) < 4.78 is 27.9. The van der Waals surface area contributed by atoms with E-state index in [1.807, 2.05) is 0 Å². The molecule has 1 aromatic rings. The number of carbonyl (C=O) groups is 1. The highest BCUT2D eigenvalue weighted by Gasteiger charge is 2.14. The lowest BCUT2D eigenvalue weighted by molar-refractivity contribution is 0.0480. The molecule has 0 atom stereocenters. The highest BCUT2D eigenvalue weighted by Crippen LogP contribution is 2.26. The Hall–Kier alpha value is -1.88. The van der Waals surface area contributed by atoms with Crippen LogP contribution in [0.5, 0.6) is 5.75 Å². The van der Waals surface area contributed by atoms with Gasteiger partial charge in [-0.15, -0.1) is 0 Å². The number of halogens is 1. The highest BCUT2D eigenvalue weighted by atomic mass is 19.1. The zero-order valence-electron chi connectivity index (χ0n) is 9.66. The van der Waals surface area contributed by atoms with Gasteiger partial charge in [-0.05, 0) is 12.1 Å². The first kappa shape index (κ1) is 13.2. The molecule has 92 valence electrons. The maximum atomic E-state index is 13.7. The van der Waals surface area contributed by atoms with Gasteiger partial charge < -0.3 is 14.2 Å². The van der Waals surface area contributed by atoms with Crippen LogP contribution in [0, 0.1) is 5.82 Å². The van der Waals surface area contributed by atoms with Crippen molar-refractivity contribution in [2.45, 2.75) is 0 Å². The van der Waals surface area contributed by atoms with Crippen LogP contribution in [0.4, 0.5) is 4.39 Å². The van der Waals surface area contributed by atoms with E-state index in [1.54, 1.807) is 0 Å². The predicted octanol–water partition coefficient (Wildman–Crippen LogP) is 2.24. The van der Waals surface area contributed by atoms with Crippen LogP contribution in [0.25, 0.3) is 6.08 Å². The summed E-state index contributed by atoms with van der Waals surface area (Å²) in [5.74, 6) is -1.29. The van der Waals surface area contributed by atoms with Crippen molar-refractivity contribution >= 4 is 12.0 Å². The summed E-state index contributed by atoms with van der Waals surface area (Å²) in [6.07, 6.45) is 1.39. The number of esters is 1. The van der Waals surface area contributed by atoms with Crippen molar-refractivity contribution in [2.75, 3.05) is 21.0 Å². The first-order valence-electron chi connectivity index (χ1n) is 4.80. The van der Waals surface area contributed by atoms with Crippen LogP contribution in [0.3, 0.4) is 0 Å². The van der Waals surface area contributed by atoms with Crippen molar-refractivity contribution in [3.05, 3.63) is 35.7 Å². The molecule has 0 aliphatic carbocycles. The van der Waals surface area contributed by atoms with Crippen molar-refractivity contribution < 1.29 is 23.4 Å². The monoisotopic (exact) mass is 240 g/mol. The molecule has 0 saturated heterocycles. The molecule has 0 amide bonds. The molecule has 0 saturated carbocycles. The first-order chi connectivity index (χ1) is 8.13. The molecular weight excluding hydrogens is 227 g/mol. The first-order valence-corrected chi connectivity index (χ1v) is 4.80. The highest BCUT2D eigenvalue weighted by molar-refractivity contribution is 5.90. The second kappa shape index (κ2) is 6.00. The minimum atomic E-state index is -0.667. The second-order valence-electron chi connectivity index (χ2n) is 3.12. The molecule has 0 unspecified atom stereocenters. The smallest absolute Gasteiger partial charge is 0.337 e. The fraction of sp³-hybridized carbons (Fsp3) is 0.250. The van der Waals surface area contributed by atoms with E-state index in [0.29, 0.717) is 5.56 Å². The summed E-state index contributed by atoms with van der Waals surface area (Å²) >= 11 is 0. The Morgan fingerprint density at radius 3 is 2.71 bits per heavy atom. The van der Waals surface area contributed by atoms with Crippen molar-refractivity contribution in [2.24, 2.45) is 0 Å². The van der Waals surface area contributed by atoms with Crippen molar-refractivity contribution in [1.82, 2.24) is 0 Å². The average Bonchev–Trinajstić information content (AvgIpc) is 2.35. The Balaban J connectivity index is 3.16. The third-order valence-corrected chi connectivity index (χ3v) is 2.03. The summed E-state index contributed by atoms with van der Waals surface area (Å²) in [6.45, 7) is 3.44. The third kappa shape index (κ3) is 3.04. The summed E-state index contributed by atoms with van der Waals surface area (Å²) in [5.41, 5.74) is 0.465. The molecule has 1 aromatic carbocycles. The number of methoxy groups -OCH3 is 2. The summed E-state index contributed by atoms with van der Waals surface area (Å²) in [6, 6.07) is 2.48. The molecule has 1 rings (SSSR count). The van der Waals surface area contributed by atoms with E-state index >= 15 is 0 Å². The number of hydrogen-bond donors (Lipinski definition) is 0. The van der Waals surface area contributed by atoms with Gasteiger partial charge in [0.05, 0.1) is 12.7 Å². The number of hydrogen-bond acceptors (Lipinski definition) is 4. The van der Waals surface area contributed by atoms with Crippen LogP contribution in [0.1, 0.15) is 15.9 Å². The topological polar surface area (TPSA) is 44.8 Å². The van der Waals surface area contributed by atoms with Crippen LogP contribution >= 0.6 is 0 Å². The van der Waals surface area contributed by atoms with Gasteiger partial charge >= 0.3 is 5.97 Å². The average molecular weight is 240 g/mol. The van der Waals surface area contributed by atoms with Crippen LogP contribution in [-0.4, -0.2) is 27.0 Å². The van der Waals surface area contributed by atoms with Crippen molar-refractivity contribution in [3.63, 3.8) is 0 Å². The second-order valence-corrected chi connectivity index (χ2v) is 3.12. The van der Waals surface area contributed by atoms with Gasteiger partial charge in [0.25, 0.3) is 0 Å². The fourth-order valence-electron chi connectivity index (χ4n) is 1.27. The standard InChI is InChI=1S/C12H13FO4/c1-4-8-5-9(12(14)16-3)6-10(13)11(8)17-7-15-2/h4-6H,1,7H2,2-3H3. The number of rotatable bonds is 5. The van der Waals surface area contributed by atoms with Crippen molar-refractivity contribution in [3.8, 4) is 5.75 Å². The Kier molecular flexibility index (Phi) is 4.66. The SMILES string of the molecule is C=Cc1cc(C(=O)OC)cc(F)c1OCOC. The molecule has 0 aromatic heterocycles. The molecule has 0 N–H and O–H groups in total. The Morgan fingerprint density at radius 1 is 1.47 bits per heavy atom. The largest absolute Gasteiger partial charge is 0.465 e. The molecule has 0 aliphatic rings. The minimum Gasteiger partial charge on any atom is -0.465 e. The molecule has 0 spiro atoms. The molecule has 0 aliphatic heterocycles. The molecule has 5 heteroatoms. The Bertz CT molecular complexity index is 429. The molecule has 4 nitrogen and oxygen atoms in total. The van der Waals surface area contributed by atoms with E-state index in [9.17, 15) is 9.18 Å². The lowest BCUT2D eigenvalue weighted by atomic mass is 10.1. The van der Waals surface area contributed by atoms with Crippen LogP contribution in [0.15, 0.2) is 18.7 Å². The van der Waals surface area contributed by atoms with E-state index in [-0.39, 0.29) is 18.1 Å². The van der Waals surface area contributed by atoms with Gasteiger partial charge in [0.2, 0.25) is 0 Å². The van der Waals surface area contributed by atoms with Gasteiger partial charge in [0.1, 0.15) is 0 Å². The third-order valence-electron chi connectivity index (χ3n) is 2.03. The molecule has 0 heterocycles. The lowest BCUT2D eigenvalue weighted by Crippen LogP contribution is -2.06. The predicted molar refractivity (Wildman–Crippen MR) is 60.3 cm³/mol. The van der Waals surface area contributed by atoms with Gasteiger partial charge in [0, 0.05) is 12.7 Å². The molecule has 0 radical (unpaired) electrons. The van der Waals surface area contributed by atoms with Crippen molar-refractivity contribution in [1.29, 1.82) is 0 Å². The van der Waals surface area contributed by atoms with E-state index in [1.165, 1.54) is 26.4 Å².